The molecule has 0 aliphatic carbocycles. The Balaban J connectivity index is 1.53. The van der Waals surface area contributed by atoms with E-state index in [1.54, 1.807) is 36.7 Å². The quantitative estimate of drug-likeness (QED) is 0.540. The van der Waals surface area contributed by atoms with Crippen LogP contribution in [0.2, 0.25) is 5.02 Å². The van der Waals surface area contributed by atoms with E-state index in [1.807, 2.05) is 0 Å². The van der Waals surface area contributed by atoms with Crippen molar-refractivity contribution in [1.29, 1.82) is 0 Å². The molecule has 1 aromatic heterocycles. The molecule has 0 spiro atoms. The molecule has 31 heavy (non-hydrogen) atoms. The Morgan fingerprint density at radius 3 is 2.19 bits per heavy atom. The number of rotatable bonds is 5. The number of amides is 2. The average molecular weight is 434 g/mol. The van der Waals surface area contributed by atoms with Gasteiger partial charge in [0, 0.05) is 24.6 Å². The first-order valence-corrected chi connectivity index (χ1v) is 10.6. The Labute approximate surface area is 187 Å². The monoisotopic (exact) mass is 433 g/mol. The summed E-state index contributed by atoms with van der Waals surface area (Å²) in [7, 11) is 0. The highest BCUT2D eigenvalue weighted by molar-refractivity contribution is 6.43. The van der Waals surface area contributed by atoms with Crippen molar-refractivity contribution in [2.75, 3.05) is 16.8 Å². The number of benzene rings is 2. The minimum absolute atomic E-state index is 0.119. The number of anilines is 2. The topological polar surface area (TPSA) is 62.3 Å². The second-order valence-electron chi connectivity index (χ2n) is 8.62. The highest BCUT2D eigenvalue weighted by atomic mass is 35.5. The Bertz CT molecular complexity index is 1140. The van der Waals surface area contributed by atoms with Crippen LogP contribution >= 0.6 is 11.6 Å². The lowest BCUT2D eigenvalue weighted by molar-refractivity contribution is 0.0926. The van der Waals surface area contributed by atoms with Crippen LogP contribution in [0.5, 0.6) is 0 Å². The number of nitrogens with zero attached hydrogens (tertiary/aromatic N) is 2. The zero-order chi connectivity index (χ0) is 22.2. The molecular formula is C25H24ClN3O2. The number of hydrogen-bond donors (Lipinski definition) is 1. The normalized spacial score (nSPS) is 13.5. The zero-order valence-electron chi connectivity index (χ0n) is 17.8. The van der Waals surface area contributed by atoms with Crippen LogP contribution in [-0.4, -0.2) is 23.3 Å². The third kappa shape index (κ3) is 4.06. The first-order chi connectivity index (χ1) is 14.8. The molecule has 158 valence electrons. The smallest absolute Gasteiger partial charge is 0.268 e. The molecule has 2 aromatic carbocycles. The van der Waals surface area contributed by atoms with Crippen LogP contribution in [0.4, 0.5) is 11.4 Å². The van der Waals surface area contributed by atoms with Crippen LogP contribution < -0.4 is 10.2 Å². The molecular weight excluding hydrogens is 410 g/mol. The van der Waals surface area contributed by atoms with Crippen LogP contribution in [0.1, 0.15) is 52.6 Å². The number of carbonyl (C=O) groups excluding carboxylic acids is 2. The largest absolute Gasteiger partial charge is 0.384 e. The van der Waals surface area contributed by atoms with Crippen molar-refractivity contribution in [1.82, 2.24) is 4.98 Å². The van der Waals surface area contributed by atoms with Crippen molar-refractivity contribution in [3.8, 4) is 0 Å². The minimum Gasteiger partial charge on any atom is -0.384 e. The van der Waals surface area contributed by atoms with Crippen molar-refractivity contribution < 1.29 is 9.59 Å². The third-order valence-electron chi connectivity index (χ3n) is 5.46. The van der Waals surface area contributed by atoms with Gasteiger partial charge in [0.2, 0.25) is 0 Å². The van der Waals surface area contributed by atoms with Crippen molar-refractivity contribution in [3.05, 3.63) is 88.2 Å². The molecule has 4 rings (SSSR count). The number of pyridine rings is 1. The maximum absolute atomic E-state index is 13.1. The molecule has 0 fully saturated rings. The number of halogens is 1. The Morgan fingerprint density at radius 1 is 0.903 bits per heavy atom. The maximum Gasteiger partial charge on any atom is 0.268 e. The minimum atomic E-state index is -0.419. The number of hydrogen-bond acceptors (Lipinski definition) is 4. The number of imide groups is 1. The summed E-state index contributed by atoms with van der Waals surface area (Å²) >= 11 is 6.30. The molecule has 6 heteroatoms. The van der Waals surface area contributed by atoms with Crippen molar-refractivity contribution >= 4 is 34.8 Å². The van der Waals surface area contributed by atoms with Gasteiger partial charge in [-0.1, -0.05) is 56.6 Å². The van der Waals surface area contributed by atoms with Gasteiger partial charge in [-0.05, 0) is 47.2 Å². The zero-order valence-corrected chi connectivity index (χ0v) is 18.5. The summed E-state index contributed by atoms with van der Waals surface area (Å²) in [6, 6.07) is 15.2. The lowest BCUT2D eigenvalue weighted by Gasteiger charge is -2.19. The third-order valence-corrected chi connectivity index (χ3v) is 5.77. The first-order valence-electron chi connectivity index (χ1n) is 10.2. The van der Waals surface area contributed by atoms with Gasteiger partial charge < -0.3 is 5.32 Å². The summed E-state index contributed by atoms with van der Waals surface area (Å²) in [5.74, 6) is -0.802. The van der Waals surface area contributed by atoms with Gasteiger partial charge in [0.05, 0.1) is 21.8 Å². The summed E-state index contributed by atoms with van der Waals surface area (Å²) in [6.45, 7) is 7.20. The van der Waals surface area contributed by atoms with E-state index in [4.69, 9.17) is 11.6 Å². The average Bonchev–Trinajstić information content (AvgIpc) is 3.01. The van der Waals surface area contributed by atoms with Crippen LogP contribution in [0.3, 0.4) is 0 Å². The Hall–Kier alpha value is -3.18. The van der Waals surface area contributed by atoms with E-state index in [9.17, 15) is 9.59 Å². The van der Waals surface area contributed by atoms with E-state index < -0.39 is 5.91 Å². The molecule has 0 unspecified atom stereocenters. The van der Waals surface area contributed by atoms with Gasteiger partial charge in [0.1, 0.15) is 0 Å². The van der Waals surface area contributed by atoms with Crippen molar-refractivity contribution in [3.63, 3.8) is 0 Å². The van der Waals surface area contributed by atoms with Crippen molar-refractivity contribution in [2.45, 2.75) is 32.6 Å². The molecule has 0 bridgehead atoms. The van der Waals surface area contributed by atoms with Crippen LogP contribution in [-0.2, 0) is 11.8 Å². The summed E-state index contributed by atoms with van der Waals surface area (Å²) in [5.41, 5.74) is 4.25. The van der Waals surface area contributed by atoms with E-state index in [0.717, 1.165) is 11.3 Å². The van der Waals surface area contributed by atoms with E-state index >= 15 is 0 Å². The summed E-state index contributed by atoms with van der Waals surface area (Å²) in [5, 5.41) is 3.59. The predicted molar refractivity (Wildman–Crippen MR) is 124 cm³/mol. The second kappa shape index (κ2) is 8.16. The van der Waals surface area contributed by atoms with Gasteiger partial charge in [-0.25, -0.2) is 4.90 Å². The molecule has 0 atom stereocenters. The fraction of sp³-hybridized carbons (Fsp3) is 0.240. The number of aromatic nitrogens is 1. The van der Waals surface area contributed by atoms with Gasteiger partial charge in [-0.3, -0.25) is 14.6 Å². The molecule has 0 saturated carbocycles. The standard InChI is InChI=1S/C25H24ClN3O2/c1-25(2,3)17-6-4-16(5-7-17)10-15-28-20-9-8-19(26)21-22(20)24(31)29(23(21)30)18-11-13-27-14-12-18/h4-9,11-14,28H,10,15H2,1-3H3. The van der Waals surface area contributed by atoms with E-state index in [1.165, 1.54) is 11.1 Å². The maximum atomic E-state index is 13.1. The van der Waals surface area contributed by atoms with E-state index in [2.05, 4.69) is 55.3 Å². The molecule has 5 nitrogen and oxygen atoms in total. The molecule has 1 N–H and O–H groups in total. The first kappa shape index (κ1) is 21.1. The number of nitrogens with one attached hydrogen (secondary N) is 1. The van der Waals surface area contributed by atoms with E-state index in [-0.39, 0.29) is 21.9 Å². The second-order valence-corrected chi connectivity index (χ2v) is 9.03. The van der Waals surface area contributed by atoms with Crippen LogP contribution in [0.15, 0.2) is 60.9 Å². The summed E-state index contributed by atoms with van der Waals surface area (Å²) < 4.78 is 0. The number of carbonyl (C=O) groups is 2. The van der Waals surface area contributed by atoms with Gasteiger partial charge in [-0.15, -0.1) is 0 Å². The SMILES string of the molecule is CC(C)(C)c1ccc(CCNc2ccc(Cl)c3c2C(=O)N(c2ccncc2)C3=O)cc1. The van der Waals surface area contributed by atoms with Gasteiger partial charge >= 0.3 is 0 Å². The van der Waals surface area contributed by atoms with E-state index in [0.29, 0.717) is 23.5 Å². The highest BCUT2D eigenvalue weighted by Crippen LogP contribution is 2.36. The van der Waals surface area contributed by atoms with Crippen LogP contribution in [0.25, 0.3) is 0 Å². The molecule has 2 amide bonds. The lowest BCUT2D eigenvalue weighted by Crippen LogP contribution is -2.29. The molecule has 3 aromatic rings. The predicted octanol–water partition coefficient (Wildman–Crippen LogP) is 5.49. The van der Waals surface area contributed by atoms with Gasteiger partial charge in [0.25, 0.3) is 11.8 Å². The Morgan fingerprint density at radius 2 is 1.55 bits per heavy atom. The van der Waals surface area contributed by atoms with Gasteiger partial charge in [-0.2, -0.15) is 0 Å². The molecule has 2 heterocycles. The molecule has 1 aliphatic heterocycles. The summed E-state index contributed by atoms with van der Waals surface area (Å²) in [4.78, 5) is 31.2. The molecule has 1 aliphatic rings. The fourth-order valence-corrected chi connectivity index (χ4v) is 3.95. The lowest BCUT2D eigenvalue weighted by atomic mass is 9.86. The molecule has 0 saturated heterocycles. The Kier molecular flexibility index (Phi) is 5.54. The van der Waals surface area contributed by atoms with Crippen molar-refractivity contribution in [2.24, 2.45) is 0 Å². The van der Waals surface area contributed by atoms with Crippen LogP contribution in [0, 0.1) is 0 Å². The number of fused-ring (bicyclic) bond motifs is 1. The van der Waals surface area contributed by atoms with Gasteiger partial charge in [0.15, 0.2) is 0 Å². The molecule has 0 radical (unpaired) electrons. The fourth-order valence-electron chi connectivity index (χ4n) is 3.71. The highest BCUT2D eigenvalue weighted by Gasteiger charge is 2.40. The summed E-state index contributed by atoms with van der Waals surface area (Å²) in [6.07, 6.45) is 3.88.